The normalized spacial score (nSPS) is 15.4. The largest absolute Gasteiger partial charge is 0.444 e. The number of nitrogens with zero attached hydrogens (tertiary/aromatic N) is 4. The molecular weight excluding hydrogens is 418 g/mol. The molecule has 0 saturated carbocycles. The highest BCUT2D eigenvalue weighted by molar-refractivity contribution is 7.89. The highest BCUT2D eigenvalue weighted by atomic mass is 32.2. The molecule has 1 saturated heterocycles. The first kappa shape index (κ1) is 22.7. The molecule has 1 aromatic heterocycles. The molecule has 3 rings (SSSR count). The number of nitrogens with one attached hydrogen (secondary N) is 1. The molecule has 31 heavy (non-hydrogen) atoms. The summed E-state index contributed by atoms with van der Waals surface area (Å²) in [6, 6.07) is 6.40. The smallest absolute Gasteiger partial charge is 0.410 e. The van der Waals surface area contributed by atoms with Crippen LogP contribution in [0.25, 0.3) is 6.08 Å². The fraction of sp³-hybridized carbons (Fsp3) is 0.381. The molecule has 2 heterocycles. The molecule has 10 heteroatoms. The van der Waals surface area contributed by atoms with Crippen molar-refractivity contribution in [2.45, 2.75) is 31.3 Å². The minimum Gasteiger partial charge on any atom is -0.444 e. The van der Waals surface area contributed by atoms with Crippen molar-refractivity contribution < 1.29 is 17.9 Å². The van der Waals surface area contributed by atoms with Gasteiger partial charge in [0.2, 0.25) is 16.0 Å². The monoisotopic (exact) mass is 445 g/mol. The topological polar surface area (TPSA) is 105 Å². The van der Waals surface area contributed by atoms with E-state index in [0.717, 1.165) is 5.56 Å². The van der Waals surface area contributed by atoms with E-state index in [9.17, 15) is 13.2 Å². The van der Waals surface area contributed by atoms with E-state index in [1.54, 1.807) is 51.4 Å². The van der Waals surface area contributed by atoms with Gasteiger partial charge in [-0.3, -0.25) is 0 Å². The van der Waals surface area contributed by atoms with Crippen molar-refractivity contribution >= 4 is 33.8 Å². The van der Waals surface area contributed by atoms with Gasteiger partial charge in [-0.25, -0.2) is 23.2 Å². The maximum atomic E-state index is 13.0. The van der Waals surface area contributed by atoms with Gasteiger partial charge in [0, 0.05) is 49.8 Å². The molecule has 0 radical (unpaired) electrons. The van der Waals surface area contributed by atoms with Crippen molar-refractivity contribution in [3.8, 4) is 0 Å². The maximum Gasteiger partial charge on any atom is 0.410 e. The van der Waals surface area contributed by atoms with E-state index in [0.29, 0.717) is 11.6 Å². The molecule has 0 atom stereocenters. The van der Waals surface area contributed by atoms with Crippen molar-refractivity contribution in [2.75, 3.05) is 31.5 Å². The third-order valence-corrected chi connectivity index (χ3v) is 6.46. The van der Waals surface area contributed by atoms with Crippen LogP contribution in [0, 0.1) is 0 Å². The maximum absolute atomic E-state index is 13.0. The van der Waals surface area contributed by atoms with E-state index in [1.807, 2.05) is 0 Å². The first-order chi connectivity index (χ1) is 14.6. The first-order valence-corrected chi connectivity index (χ1v) is 11.3. The second-order valence-corrected chi connectivity index (χ2v) is 10.0. The number of piperazine rings is 1. The lowest BCUT2D eigenvalue weighted by atomic mass is 10.2. The number of aromatic nitrogens is 2. The average Bonchev–Trinajstić information content (AvgIpc) is 2.73. The van der Waals surface area contributed by atoms with Crippen molar-refractivity contribution in [3.05, 3.63) is 48.8 Å². The summed E-state index contributed by atoms with van der Waals surface area (Å²) in [6.45, 7) is 10.0. The summed E-state index contributed by atoms with van der Waals surface area (Å²) in [5.74, 6) is 0.402. The second kappa shape index (κ2) is 9.03. The van der Waals surface area contributed by atoms with Gasteiger partial charge in [0.15, 0.2) is 0 Å². The Morgan fingerprint density at radius 2 is 1.68 bits per heavy atom. The highest BCUT2D eigenvalue weighted by Crippen LogP contribution is 2.22. The number of benzene rings is 1. The van der Waals surface area contributed by atoms with E-state index in [1.165, 1.54) is 21.3 Å². The fourth-order valence-electron chi connectivity index (χ4n) is 2.93. The molecule has 1 N–H and O–H groups in total. The lowest BCUT2D eigenvalue weighted by molar-refractivity contribution is 0.0192. The average molecular weight is 446 g/mol. The predicted octanol–water partition coefficient (Wildman–Crippen LogP) is 3.10. The van der Waals surface area contributed by atoms with Crippen LogP contribution in [0.3, 0.4) is 0 Å². The van der Waals surface area contributed by atoms with Crippen molar-refractivity contribution in [3.63, 3.8) is 0 Å². The van der Waals surface area contributed by atoms with Gasteiger partial charge >= 0.3 is 6.09 Å². The summed E-state index contributed by atoms with van der Waals surface area (Å²) in [7, 11) is -3.66. The Kier molecular flexibility index (Phi) is 6.61. The van der Waals surface area contributed by atoms with Crippen LogP contribution in [-0.2, 0) is 14.8 Å². The predicted molar refractivity (Wildman–Crippen MR) is 118 cm³/mol. The van der Waals surface area contributed by atoms with Gasteiger partial charge in [-0.1, -0.05) is 12.7 Å². The van der Waals surface area contributed by atoms with Gasteiger partial charge in [-0.2, -0.15) is 4.31 Å². The molecule has 0 spiro atoms. The number of amides is 1. The Morgan fingerprint density at radius 3 is 2.19 bits per heavy atom. The lowest BCUT2D eigenvalue weighted by Crippen LogP contribution is -2.51. The van der Waals surface area contributed by atoms with E-state index in [-0.39, 0.29) is 31.1 Å². The fourth-order valence-corrected chi connectivity index (χ4v) is 4.36. The molecule has 0 aliphatic carbocycles. The number of anilines is 2. The Labute approximate surface area is 182 Å². The van der Waals surface area contributed by atoms with Crippen LogP contribution in [0.15, 0.2) is 48.1 Å². The minimum atomic E-state index is -3.66. The quantitative estimate of drug-likeness (QED) is 0.754. The minimum absolute atomic E-state index is 0.187. The molecule has 1 fully saturated rings. The molecule has 9 nitrogen and oxygen atoms in total. The third-order valence-electron chi connectivity index (χ3n) is 4.55. The summed E-state index contributed by atoms with van der Waals surface area (Å²) < 4.78 is 32.7. The molecule has 1 aliphatic rings. The molecular formula is C21H27N5O4S. The zero-order valence-corrected chi connectivity index (χ0v) is 18.7. The van der Waals surface area contributed by atoms with Gasteiger partial charge in [0.1, 0.15) is 5.60 Å². The Morgan fingerprint density at radius 1 is 1.10 bits per heavy atom. The highest BCUT2D eigenvalue weighted by Gasteiger charge is 2.31. The second-order valence-electron chi connectivity index (χ2n) is 8.06. The van der Waals surface area contributed by atoms with Crippen LogP contribution < -0.4 is 5.32 Å². The zero-order chi connectivity index (χ0) is 22.6. The van der Waals surface area contributed by atoms with Crippen LogP contribution in [0.1, 0.15) is 26.3 Å². The molecule has 0 bridgehead atoms. The zero-order valence-electron chi connectivity index (χ0n) is 17.9. The molecule has 0 unspecified atom stereocenters. The number of carbonyl (C=O) groups is 1. The molecule has 1 amide bonds. The van der Waals surface area contributed by atoms with E-state index in [2.05, 4.69) is 21.9 Å². The van der Waals surface area contributed by atoms with Crippen LogP contribution in [0.4, 0.5) is 16.4 Å². The van der Waals surface area contributed by atoms with Crippen molar-refractivity contribution in [1.29, 1.82) is 0 Å². The number of ether oxygens (including phenoxy) is 1. The summed E-state index contributed by atoms with van der Waals surface area (Å²) >= 11 is 0. The van der Waals surface area contributed by atoms with Gasteiger partial charge in [0.05, 0.1) is 4.90 Å². The lowest BCUT2D eigenvalue weighted by Gasteiger charge is -2.35. The van der Waals surface area contributed by atoms with Gasteiger partial charge in [0.25, 0.3) is 0 Å². The number of rotatable bonds is 5. The van der Waals surface area contributed by atoms with Crippen LogP contribution in [0.2, 0.25) is 0 Å². The summed E-state index contributed by atoms with van der Waals surface area (Å²) in [4.78, 5) is 22.2. The molecule has 166 valence electrons. The van der Waals surface area contributed by atoms with Crippen molar-refractivity contribution in [1.82, 2.24) is 19.2 Å². The van der Waals surface area contributed by atoms with Crippen LogP contribution in [-0.4, -0.2) is 65.5 Å². The first-order valence-electron chi connectivity index (χ1n) is 9.88. The third kappa shape index (κ3) is 5.80. The van der Waals surface area contributed by atoms with Gasteiger partial charge < -0.3 is 15.0 Å². The summed E-state index contributed by atoms with van der Waals surface area (Å²) in [5.41, 5.74) is 0.883. The SMILES string of the molecule is C=Cc1cnc(Nc2ccc(S(=O)(=O)N3CCN(C(=O)OC(C)(C)C)CC3)cc2)nc1. The number of hydrogen-bond acceptors (Lipinski definition) is 7. The van der Waals surface area contributed by atoms with Crippen molar-refractivity contribution in [2.24, 2.45) is 0 Å². The number of hydrogen-bond donors (Lipinski definition) is 1. The van der Waals surface area contributed by atoms with E-state index < -0.39 is 21.7 Å². The van der Waals surface area contributed by atoms with Gasteiger partial charge in [-0.15, -0.1) is 0 Å². The Bertz CT molecular complexity index is 1020. The van der Waals surface area contributed by atoms with Gasteiger partial charge in [-0.05, 0) is 45.0 Å². The van der Waals surface area contributed by atoms with Crippen LogP contribution in [0.5, 0.6) is 0 Å². The Hall–Kier alpha value is -2.98. The molecule has 1 aromatic carbocycles. The standard InChI is InChI=1S/C21H27N5O4S/c1-5-16-14-22-19(23-15-16)24-17-6-8-18(9-7-17)31(28,29)26-12-10-25(11-13-26)20(27)30-21(2,3)4/h5-9,14-15H,1,10-13H2,2-4H3,(H,22,23,24). The number of sulfonamides is 1. The van der Waals surface area contributed by atoms with E-state index in [4.69, 9.17) is 4.74 Å². The summed E-state index contributed by atoms with van der Waals surface area (Å²) in [6.07, 6.45) is 4.50. The molecule has 1 aliphatic heterocycles. The summed E-state index contributed by atoms with van der Waals surface area (Å²) in [5, 5.41) is 3.03. The van der Waals surface area contributed by atoms with E-state index >= 15 is 0 Å². The Balaban J connectivity index is 1.61. The molecule has 2 aromatic rings. The van der Waals surface area contributed by atoms with Crippen LogP contribution >= 0.6 is 0 Å². The number of carbonyl (C=O) groups excluding carboxylic acids is 1.